The van der Waals surface area contributed by atoms with Crippen LogP contribution in [0.4, 0.5) is 5.69 Å². The Hall–Kier alpha value is -2.88. The minimum absolute atomic E-state index is 0.0363. The third-order valence-electron chi connectivity index (χ3n) is 3.03. The Bertz CT molecular complexity index is 624. The van der Waals surface area contributed by atoms with Crippen molar-refractivity contribution in [3.8, 4) is 0 Å². The maximum Gasteiger partial charge on any atom is 0.307 e. The molecule has 1 amide bonds. The van der Waals surface area contributed by atoms with E-state index in [9.17, 15) is 9.59 Å². The van der Waals surface area contributed by atoms with Gasteiger partial charge in [0.1, 0.15) is 0 Å². The van der Waals surface area contributed by atoms with Crippen molar-refractivity contribution in [1.29, 1.82) is 0 Å². The summed E-state index contributed by atoms with van der Waals surface area (Å²) in [5.74, 6) is -0.924. The summed E-state index contributed by atoms with van der Waals surface area (Å²) in [6.07, 6.45) is 3.95. The Morgan fingerprint density at radius 2 is 1.45 bits per heavy atom. The van der Waals surface area contributed by atoms with Gasteiger partial charge in [0.05, 0.1) is 6.42 Å². The van der Waals surface area contributed by atoms with Crippen molar-refractivity contribution in [2.24, 2.45) is 0 Å². The highest BCUT2D eigenvalue weighted by molar-refractivity contribution is 5.88. The van der Waals surface area contributed by atoms with Crippen molar-refractivity contribution in [2.75, 3.05) is 5.32 Å². The number of carboxylic acids is 1. The van der Waals surface area contributed by atoms with Crippen LogP contribution in [0.15, 0.2) is 48.5 Å². The maximum atomic E-state index is 10.9. The second-order valence-corrected chi connectivity index (χ2v) is 4.95. The monoisotopic (exact) mass is 295 g/mol. The lowest BCUT2D eigenvalue weighted by molar-refractivity contribution is -0.136. The molecule has 0 aliphatic carbocycles. The zero-order valence-electron chi connectivity index (χ0n) is 12.2. The summed E-state index contributed by atoms with van der Waals surface area (Å²) >= 11 is 0. The highest BCUT2D eigenvalue weighted by Gasteiger charge is 1.99. The van der Waals surface area contributed by atoms with Crippen molar-refractivity contribution >= 4 is 29.7 Å². The Kier molecular flexibility index (Phi) is 5.09. The fourth-order valence-electron chi connectivity index (χ4n) is 1.99. The molecule has 0 atom stereocenters. The summed E-state index contributed by atoms with van der Waals surface area (Å²) in [5.41, 5.74) is 3.57. The van der Waals surface area contributed by atoms with Crippen LogP contribution in [-0.4, -0.2) is 17.0 Å². The van der Waals surface area contributed by atoms with Gasteiger partial charge in [-0.05, 0) is 28.8 Å². The molecule has 4 heteroatoms. The molecular formula is C18H17NO3. The lowest BCUT2D eigenvalue weighted by Crippen LogP contribution is -2.05. The van der Waals surface area contributed by atoms with Crippen LogP contribution in [0.25, 0.3) is 12.2 Å². The van der Waals surface area contributed by atoms with E-state index in [1.165, 1.54) is 6.92 Å². The predicted octanol–water partition coefficient (Wildman–Crippen LogP) is 3.44. The van der Waals surface area contributed by atoms with Crippen LogP contribution in [0.2, 0.25) is 0 Å². The van der Waals surface area contributed by atoms with E-state index in [4.69, 9.17) is 5.11 Å². The van der Waals surface area contributed by atoms with Gasteiger partial charge in [0.15, 0.2) is 0 Å². The molecule has 0 aliphatic heterocycles. The molecule has 2 rings (SSSR count). The molecule has 0 heterocycles. The third kappa shape index (κ3) is 4.90. The summed E-state index contributed by atoms with van der Waals surface area (Å²) < 4.78 is 0. The van der Waals surface area contributed by atoms with E-state index in [-0.39, 0.29) is 12.3 Å². The highest BCUT2D eigenvalue weighted by atomic mass is 16.4. The Morgan fingerprint density at radius 3 is 1.91 bits per heavy atom. The first kappa shape index (κ1) is 15.5. The molecule has 0 aliphatic rings. The summed E-state index contributed by atoms with van der Waals surface area (Å²) in [5, 5.41) is 11.4. The number of hydrogen-bond donors (Lipinski definition) is 2. The number of rotatable bonds is 5. The smallest absolute Gasteiger partial charge is 0.307 e. The second kappa shape index (κ2) is 7.22. The summed E-state index contributed by atoms with van der Waals surface area (Å²) in [7, 11) is 0. The van der Waals surface area contributed by atoms with Gasteiger partial charge in [-0.15, -0.1) is 0 Å². The molecule has 2 aromatic carbocycles. The van der Waals surface area contributed by atoms with Crippen molar-refractivity contribution < 1.29 is 14.7 Å². The van der Waals surface area contributed by atoms with Crippen LogP contribution in [-0.2, 0) is 16.0 Å². The van der Waals surface area contributed by atoms with E-state index >= 15 is 0 Å². The normalized spacial score (nSPS) is 10.6. The number of carbonyl (C=O) groups excluding carboxylic acids is 1. The van der Waals surface area contributed by atoms with Gasteiger partial charge in [-0.3, -0.25) is 9.59 Å². The van der Waals surface area contributed by atoms with Crippen LogP contribution in [0, 0.1) is 0 Å². The first-order valence-electron chi connectivity index (χ1n) is 6.89. The van der Waals surface area contributed by atoms with E-state index in [0.29, 0.717) is 0 Å². The van der Waals surface area contributed by atoms with Gasteiger partial charge in [-0.25, -0.2) is 0 Å². The van der Waals surface area contributed by atoms with Crippen LogP contribution in [0.3, 0.4) is 0 Å². The number of amides is 1. The Morgan fingerprint density at radius 1 is 0.955 bits per heavy atom. The predicted molar refractivity (Wildman–Crippen MR) is 87.5 cm³/mol. The van der Waals surface area contributed by atoms with E-state index in [0.717, 1.165) is 22.4 Å². The van der Waals surface area contributed by atoms with Crippen LogP contribution in [0.5, 0.6) is 0 Å². The van der Waals surface area contributed by atoms with Gasteiger partial charge in [0, 0.05) is 12.6 Å². The quantitative estimate of drug-likeness (QED) is 0.830. The van der Waals surface area contributed by atoms with Crippen LogP contribution in [0.1, 0.15) is 23.6 Å². The van der Waals surface area contributed by atoms with E-state index in [2.05, 4.69) is 5.32 Å². The third-order valence-corrected chi connectivity index (χ3v) is 3.03. The summed E-state index contributed by atoms with van der Waals surface area (Å²) in [6, 6.07) is 14.9. The molecule has 0 bridgehead atoms. The number of carboxylic acid groups (broad SMARTS) is 1. The van der Waals surface area contributed by atoms with E-state index in [1.807, 2.05) is 60.7 Å². The number of carbonyl (C=O) groups is 2. The Labute approximate surface area is 129 Å². The molecule has 4 nitrogen and oxygen atoms in total. The van der Waals surface area contributed by atoms with Gasteiger partial charge in [-0.2, -0.15) is 0 Å². The van der Waals surface area contributed by atoms with Crippen molar-refractivity contribution in [3.63, 3.8) is 0 Å². The first-order chi connectivity index (χ1) is 10.5. The highest BCUT2D eigenvalue weighted by Crippen LogP contribution is 2.13. The van der Waals surface area contributed by atoms with Gasteiger partial charge >= 0.3 is 5.97 Å². The standard InChI is InChI=1S/C18H17NO3/c1-13(20)19-17-10-8-15(9-11-17)3-2-14-4-6-16(7-5-14)12-18(21)22/h2-11H,12H2,1H3,(H,19,20)(H,21,22). The fraction of sp³-hybridized carbons (Fsp3) is 0.111. The average molecular weight is 295 g/mol. The average Bonchev–Trinajstić information content (AvgIpc) is 2.47. The molecule has 0 aromatic heterocycles. The molecule has 22 heavy (non-hydrogen) atoms. The molecular weight excluding hydrogens is 278 g/mol. The van der Waals surface area contributed by atoms with Gasteiger partial charge in [0.25, 0.3) is 0 Å². The first-order valence-corrected chi connectivity index (χ1v) is 6.89. The van der Waals surface area contributed by atoms with Crippen molar-refractivity contribution in [1.82, 2.24) is 0 Å². The van der Waals surface area contributed by atoms with Gasteiger partial charge < -0.3 is 10.4 Å². The number of aliphatic carboxylic acids is 1. The zero-order valence-corrected chi connectivity index (χ0v) is 12.2. The lowest BCUT2D eigenvalue weighted by atomic mass is 10.1. The minimum Gasteiger partial charge on any atom is -0.481 e. The second-order valence-electron chi connectivity index (χ2n) is 4.95. The number of nitrogens with one attached hydrogen (secondary N) is 1. The maximum absolute atomic E-state index is 10.9. The van der Waals surface area contributed by atoms with E-state index < -0.39 is 5.97 Å². The molecule has 2 aromatic rings. The van der Waals surface area contributed by atoms with Gasteiger partial charge in [-0.1, -0.05) is 48.6 Å². The zero-order chi connectivity index (χ0) is 15.9. The topological polar surface area (TPSA) is 66.4 Å². The minimum atomic E-state index is -0.831. The summed E-state index contributed by atoms with van der Waals surface area (Å²) in [6.45, 7) is 1.47. The lowest BCUT2D eigenvalue weighted by Gasteiger charge is -2.02. The van der Waals surface area contributed by atoms with Gasteiger partial charge in [0.2, 0.25) is 5.91 Å². The van der Waals surface area contributed by atoms with Crippen molar-refractivity contribution in [3.05, 3.63) is 65.2 Å². The number of anilines is 1. The fourth-order valence-corrected chi connectivity index (χ4v) is 1.99. The van der Waals surface area contributed by atoms with E-state index in [1.54, 1.807) is 0 Å². The van der Waals surface area contributed by atoms with Crippen LogP contribution >= 0.6 is 0 Å². The molecule has 0 saturated heterocycles. The molecule has 0 fully saturated rings. The molecule has 2 N–H and O–H groups in total. The SMILES string of the molecule is CC(=O)Nc1ccc(C=Cc2ccc(CC(=O)O)cc2)cc1. The molecule has 0 radical (unpaired) electrons. The number of hydrogen-bond acceptors (Lipinski definition) is 2. The Balaban J connectivity index is 2.01. The number of benzene rings is 2. The largest absolute Gasteiger partial charge is 0.481 e. The molecule has 112 valence electrons. The molecule has 0 unspecified atom stereocenters. The molecule has 0 spiro atoms. The van der Waals surface area contributed by atoms with Crippen LogP contribution < -0.4 is 5.32 Å². The molecule has 0 saturated carbocycles. The summed E-state index contributed by atoms with van der Waals surface area (Å²) in [4.78, 5) is 21.6. The van der Waals surface area contributed by atoms with Crippen molar-refractivity contribution in [2.45, 2.75) is 13.3 Å².